The van der Waals surface area contributed by atoms with Crippen molar-refractivity contribution < 1.29 is 19.1 Å². The molecule has 2 saturated heterocycles. The average Bonchev–Trinajstić information content (AvgIpc) is 3.37. The molecule has 174 valence electrons. The van der Waals surface area contributed by atoms with Gasteiger partial charge in [0.15, 0.2) is 5.78 Å². The molecule has 0 N–H and O–H groups in total. The molecule has 6 rings (SSSR count). The Bertz CT molecular complexity index is 1390. The Hall–Kier alpha value is -3.97. The number of nitrogens with zero attached hydrogens (tertiary/aromatic N) is 3. The van der Waals surface area contributed by atoms with Crippen LogP contribution in [0.5, 0.6) is 5.75 Å². The highest BCUT2D eigenvalue weighted by Gasteiger charge is 2.65. The molecule has 3 aliphatic heterocycles. The number of anilines is 1. The van der Waals surface area contributed by atoms with E-state index in [0.29, 0.717) is 22.0 Å². The number of hydrogen-bond acceptors (Lipinski definition) is 6. The van der Waals surface area contributed by atoms with Crippen LogP contribution >= 0.6 is 11.6 Å². The van der Waals surface area contributed by atoms with Gasteiger partial charge >= 0.3 is 0 Å². The predicted octanol–water partition coefficient (Wildman–Crippen LogP) is 4.11. The molecular weight excluding hydrogens is 466 g/mol. The van der Waals surface area contributed by atoms with Crippen LogP contribution in [0.2, 0.25) is 5.02 Å². The summed E-state index contributed by atoms with van der Waals surface area (Å²) >= 11 is 6.02. The van der Waals surface area contributed by atoms with Gasteiger partial charge in [0.25, 0.3) is 0 Å². The molecule has 8 heteroatoms. The monoisotopic (exact) mass is 485 g/mol. The first-order chi connectivity index (χ1) is 17.0. The molecule has 0 unspecified atom stereocenters. The van der Waals surface area contributed by atoms with E-state index in [2.05, 4.69) is 5.10 Å². The van der Waals surface area contributed by atoms with Crippen LogP contribution in [-0.4, -0.2) is 42.0 Å². The van der Waals surface area contributed by atoms with Crippen molar-refractivity contribution in [3.63, 3.8) is 0 Å². The second-order valence-corrected chi connectivity index (χ2v) is 9.21. The van der Waals surface area contributed by atoms with Gasteiger partial charge in [0.2, 0.25) is 11.8 Å². The second kappa shape index (κ2) is 8.06. The van der Waals surface area contributed by atoms with E-state index in [1.165, 1.54) is 4.90 Å². The highest BCUT2D eigenvalue weighted by molar-refractivity contribution is 6.31. The number of amides is 2. The number of benzene rings is 3. The summed E-state index contributed by atoms with van der Waals surface area (Å²) in [7, 11) is 1.55. The lowest BCUT2D eigenvalue weighted by molar-refractivity contribution is -0.124. The zero-order chi connectivity index (χ0) is 24.3. The zero-order valence-electron chi connectivity index (χ0n) is 18.7. The van der Waals surface area contributed by atoms with Crippen LogP contribution in [0.15, 0.2) is 77.9 Å². The number of imide groups is 1. The van der Waals surface area contributed by atoms with Crippen LogP contribution in [0.3, 0.4) is 0 Å². The third kappa shape index (κ3) is 3.19. The van der Waals surface area contributed by atoms with Gasteiger partial charge in [-0.25, -0.2) is 4.90 Å². The van der Waals surface area contributed by atoms with Gasteiger partial charge in [-0.2, -0.15) is 5.10 Å². The van der Waals surface area contributed by atoms with Gasteiger partial charge in [0.05, 0.1) is 36.9 Å². The first-order valence-corrected chi connectivity index (χ1v) is 11.6. The lowest BCUT2D eigenvalue weighted by atomic mass is 9.83. The SMILES string of the molecule is COc1ccc(C(=O)[C@@H]2[C@@H]3C(=O)N(c4ccc(Cl)cc4)C(=O)[C@@H]3[C@@H]3c4ccccc4C=NN23)cc1. The number of ether oxygens (including phenoxy) is 1. The maximum Gasteiger partial charge on any atom is 0.240 e. The van der Waals surface area contributed by atoms with Crippen molar-refractivity contribution in [1.29, 1.82) is 0 Å². The molecule has 0 saturated carbocycles. The molecule has 7 nitrogen and oxygen atoms in total. The highest BCUT2D eigenvalue weighted by Crippen LogP contribution is 2.53. The maximum absolute atomic E-state index is 13.8. The minimum Gasteiger partial charge on any atom is -0.497 e. The number of ketones is 1. The molecule has 0 bridgehead atoms. The van der Waals surface area contributed by atoms with E-state index >= 15 is 0 Å². The fourth-order valence-corrected chi connectivity index (χ4v) is 5.57. The predicted molar refractivity (Wildman–Crippen MR) is 131 cm³/mol. The summed E-state index contributed by atoms with van der Waals surface area (Å²) < 4.78 is 5.21. The van der Waals surface area contributed by atoms with Crippen molar-refractivity contribution in [2.45, 2.75) is 12.1 Å². The van der Waals surface area contributed by atoms with E-state index in [1.54, 1.807) is 66.9 Å². The van der Waals surface area contributed by atoms with E-state index in [0.717, 1.165) is 11.1 Å². The fraction of sp³-hybridized carbons (Fsp3) is 0.185. The average molecular weight is 486 g/mol. The van der Waals surface area contributed by atoms with Crippen LogP contribution in [0.25, 0.3) is 0 Å². The van der Waals surface area contributed by atoms with Gasteiger partial charge in [-0.05, 0) is 59.7 Å². The van der Waals surface area contributed by atoms with Crippen molar-refractivity contribution >= 4 is 41.1 Å². The van der Waals surface area contributed by atoms with Crippen LogP contribution in [0.4, 0.5) is 5.69 Å². The molecule has 0 aliphatic carbocycles. The van der Waals surface area contributed by atoms with Crippen LogP contribution < -0.4 is 9.64 Å². The Balaban J connectivity index is 1.47. The summed E-state index contributed by atoms with van der Waals surface area (Å²) in [4.78, 5) is 42.6. The Morgan fingerprint density at radius 1 is 0.914 bits per heavy atom. The van der Waals surface area contributed by atoms with Gasteiger partial charge in [0.1, 0.15) is 11.8 Å². The number of halogens is 1. The number of hydrogen-bond donors (Lipinski definition) is 0. The molecular formula is C27H20ClN3O4. The molecule has 35 heavy (non-hydrogen) atoms. The number of carbonyl (C=O) groups excluding carboxylic acids is 3. The van der Waals surface area contributed by atoms with Gasteiger partial charge in [-0.3, -0.25) is 19.4 Å². The highest BCUT2D eigenvalue weighted by atomic mass is 35.5. The van der Waals surface area contributed by atoms with E-state index in [-0.39, 0.29) is 11.7 Å². The second-order valence-electron chi connectivity index (χ2n) is 8.78. The third-order valence-electron chi connectivity index (χ3n) is 7.02. The molecule has 4 atom stereocenters. The topological polar surface area (TPSA) is 79.3 Å². The van der Waals surface area contributed by atoms with Crippen molar-refractivity contribution in [2.24, 2.45) is 16.9 Å². The molecule has 3 aliphatic rings. The minimum atomic E-state index is -0.920. The summed E-state index contributed by atoms with van der Waals surface area (Å²) in [5, 5.41) is 6.73. The normalized spacial score (nSPS) is 24.3. The van der Waals surface area contributed by atoms with Gasteiger partial charge in [-0.15, -0.1) is 0 Å². The van der Waals surface area contributed by atoms with Crippen LogP contribution in [0.1, 0.15) is 27.5 Å². The summed E-state index contributed by atoms with van der Waals surface area (Å²) in [6.45, 7) is 0. The van der Waals surface area contributed by atoms with Crippen LogP contribution in [0, 0.1) is 11.8 Å². The zero-order valence-corrected chi connectivity index (χ0v) is 19.4. The number of methoxy groups -OCH3 is 1. The number of hydrazone groups is 1. The molecule has 0 aromatic heterocycles. The number of carbonyl (C=O) groups is 3. The molecule has 3 aromatic rings. The Labute approximate surface area is 206 Å². The largest absolute Gasteiger partial charge is 0.497 e. The van der Waals surface area contributed by atoms with Crippen molar-refractivity contribution in [1.82, 2.24) is 5.01 Å². The fourth-order valence-electron chi connectivity index (χ4n) is 5.44. The van der Waals surface area contributed by atoms with E-state index in [4.69, 9.17) is 16.3 Å². The molecule has 2 fully saturated rings. The minimum absolute atomic E-state index is 0.263. The van der Waals surface area contributed by atoms with E-state index in [9.17, 15) is 14.4 Å². The maximum atomic E-state index is 13.8. The van der Waals surface area contributed by atoms with Crippen molar-refractivity contribution in [2.75, 3.05) is 12.0 Å². The van der Waals surface area contributed by atoms with Gasteiger partial charge in [-0.1, -0.05) is 35.9 Å². The lowest BCUT2D eigenvalue weighted by Crippen LogP contribution is -2.44. The molecule has 0 radical (unpaired) electrons. The first-order valence-electron chi connectivity index (χ1n) is 11.2. The molecule has 3 heterocycles. The van der Waals surface area contributed by atoms with Crippen molar-refractivity contribution in [3.05, 3.63) is 94.5 Å². The molecule has 0 spiro atoms. The van der Waals surface area contributed by atoms with Gasteiger partial charge in [0, 0.05) is 10.6 Å². The van der Waals surface area contributed by atoms with Crippen LogP contribution in [-0.2, 0) is 9.59 Å². The Morgan fingerprint density at radius 3 is 2.31 bits per heavy atom. The molecule has 3 aromatic carbocycles. The quantitative estimate of drug-likeness (QED) is 0.410. The third-order valence-corrected chi connectivity index (χ3v) is 7.27. The summed E-state index contributed by atoms with van der Waals surface area (Å²) in [6.07, 6.45) is 1.69. The standard InChI is InChI=1S/C27H20ClN3O4/c1-35-19-12-6-15(7-13-19)25(32)24-22-21(23-20-5-3-2-4-16(20)14-29-31(23)24)26(33)30(27(22)34)18-10-8-17(28)9-11-18/h2-14,21-24H,1H3/t21-,22+,23-,24-/m0/s1. The van der Waals surface area contributed by atoms with E-state index in [1.807, 2.05) is 24.3 Å². The summed E-state index contributed by atoms with van der Waals surface area (Å²) in [6, 6.07) is 19.5. The Morgan fingerprint density at radius 2 is 1.60 bits per heavy atom. The first kappa shape index (κ1) is 21.6. The van der Waals surface area contributed by atoms with Gasteiger partial charge < -0.3 is 4.74 Å². The number of rotatable bonds is 4. The molecule has 2 amide bonds. The summed E-state index contributed by atoms with van der Waals surface area (Å²) in [5.41, 5.74) is 2.61. The van der Waals surface area contributed by atoms with Crippen molar-refractivity contribution in [3.8, 4) is 5.75 Å². The summed E-state index contributed by atoms with van der Waals surface area (Å²) in [5.74, 6) is -2.01. The number of Topliss-reactive ketones (excluding diaryl/α,β-unsaturated/α-hetero) is 1. The Kier molecular flexibility index (Phi) is 4.96. The number of fused-ring (bicyclic) bond motifs is 5. The lowest BCUT2D eigenvalue weighted by Gasteiger charge is -2.33. The smallest absolute Gasteiger partial charge is 0.240 e. The van der Waals surface area contributed by atoms with E-state index < -0.39 is 29.8 Å².